The Morgan fingerprint density at radius 2 is 2.04 bits per heavy atom. The lowest BCUT2D eigenvalue weighted by atomic mass is 10.0. The first-order valence-corrected chi connectivity index (χ1v) is 9.95. The first-order chi connectivity index (χ1) is 13.1. The monoisotopic (exact) mass is 408 g/mol. The first-order valence-electron chi connectivity index (χ1n) is 8.97. The average molecular weight is 409 g/mol. The summed E-state index contributed by atoms with van der Waals surface area (Å²) in [6.07, 6.45) is 2.88. The van der Waals surface area contributed by atoms with E-state index < -0.39 is 17.6 Å². The number of aromatic nitrogens is 1. The molecule has 1 N–H and O–H groups in total. The third kappa shape index (κ3) is 8.56. The molecule has 0 aromatic carbocycles. The summed E-state index contributed by atoms with van der Waals surface area (Å²) in [5.41, 5.74) is 0.747. The Kier molecular flexibility index (Phi) is 9.18. The molecule has 0 saturated carbocycles. The maximum atomic E-state index is 12.2. The van der Waals surface area contributed by atoms with Gasteiger partial charge in [-0.1, -0.05) is 24.4 Å². The summed E-state index contributed by atoms with van der Waals surface area (Å²) in [6.45, 7) is 12.5. The van der Waals surface area contributed by atoms with Gasteiger partial charge < -0.3 is 9.47 Å². The number of rotatable bonds is 8. The molecule has 1 amide bonds. The third-order valence-electron chi connectivity index (χ3n) is 3.40. The zero-order chi connectivity index (χ0) is 21.3. The van der Waals surface area contributed by atoms with Crippen molar-refractivity contribution >= 4 is 40.8 Å². The van der Waals surface area contributed by atoms with Gasteiger partial charge in [0, 0.05) is 24.4 Å². The number of thioether (sulfide) groups is 1. The molecular weight excluding hydrogens is 380 g/mol. The van der Waals surface area contributed by atoms with Gasteiger partial charge >= 0.3 is 12.1 Å². The van der Waals surface area contributed by atoms with Gasteiger partial charge in [0.1, 0.15) is 11.4 Å². The van der Waals surface area contributed by atoms with Crippen LogP contribution >= 0.6 is 11.8 Å². The fraction of sp³-hybridized carbons (Fsp3) is 0.500. The Balaban J connectivity index is 2.95. The summed E-state index contributed by atoms with van der Waals surface area (Å²) in [7, 11) is 0. The number of amides is 1. The molecule has 154 valence electrons. The molecule has 0 aliphatic rings. The van der Waals surface area contributed by atoms with Gasteiger partial charge in [-0.05, 0) is 45.7 Å². The van der Waals surface area contributed by atoms with Gasteiger partial charge in [-0.25, -0.2) is 9.78 Å². The maximum absolute atomic E-state index is 12.2. The molecule has 1 heterocycles. The zero-order valence-corrected chi connectivity index (χ0v) is 17.9. The molecule has 1 unspecified atom stereocenters. The number of pyridine rings is 1. The first kappa shape index (κ1) is 23.7. The van der Waals surface area contributed by atoms with Crippen LogP contribution in [0.2, 0.25) is 0 Å². The number of nitrogens with one attached hydrogen (secondary N) is 1. The number of carbonyl (C=O) groups excluding carboxylic acids is 3. The molecule has 28 heavy (non-hydrogen) atoms. The lowest BCUT2D eigenvalue weighted by Crippen LogP contribution is -2.27. The van der Waals surface area contributed by atoms with Crippen LogP contribution in [0.3, 0.4) is 0 Å². The highest BCUT2D eigenvalue weighted by Gasteiger charge is 2.22. The summed E-state index contributed by atoms with van der Waals surface area (Å²) >= 11 is 1.09. The van der Waals surface area contributed by atoms with Crippen LogP contribution in [0, 0.1) is 5.92 Å². The number of nitrogens with zero attached hydrogens (tertiary/aromatic N) is 1. The largest absolute Gasteiger partial charge is 0.466 e. The minimum absolute atomic E-state index is 0.0592. The van der Waals surface area contributed by atoms with E-state index in [1.165, 1.54) is 6.92 Å². The fourth-order valence-corrected chi connectivity index (χ4v) is 2.96. The molecule has 0 bridgehead atoms. The number of carbonyl (C=O) groups is 3. The van der Waals surface area contributed by atoms with Gasteiger partial charge in [-0.2, -0.15) is 0 Å². The summed E-state index contributed by atoms with van der Waals surface area (Å²) in [5.74, 6) is -0.181. The summed E-state index contributed by atoms with van der Waals surface area (Å²) < 4.78 is 10.3. The molecule has 0 radical (unpaired) electrons. The quantitative estimate of drug-likeness (QED) is 0.648. The van der Waals surface area contributed by atoms with Crippen LogP contribution in [-0.4, -0.2) is 40.1 Å². The van der Waals surface area contributed by atoms with Crippen molar-refractivity contribution in [3.8, 4) is 0 Å². The lowest BCUT2D eigenvalue weighted by molar-refractivity contribution is -0.147. The van der Waals surface area contributed by atoms with E-state index in [-0.39, 0.29) is 17.7 Å². The van der Waals surface area contributed by atoms with Crippen molar-refractivity contribution in [3.05, 3.63) is 30.0 Å². The van der Waals surface area contributed by atoms with E-state index >= 15 is 0 Å². The van der Waals surface area contributed by atoms with Crippen molar-refractivity contribution in [1.82, 2.24) is 4.98 Å². The molecule has 0 fully saturated rings. The van der Waals surface area contributed by atoms with Crippen LogP contribution in [-0.2, 0) is 25.5 Å². The van der Waals surface area contributed by atoms with Crippen molar-refractivity contribution in [3.63, 3.8) is 0 Å². The predicted octanol–water partition coefficient (Wildman–Crippen LogP) is 4.07. The topological polar surface area (TPSA) is 94.6 Å². The third-order valence-corrected chi connectivity index (χ3v) is 4.38. The Labute approximate surface area is 170 Å². The van der Waals surface area contributed by atoms with Crippen molar-refractivity contribution in [2.24, 2.45) is 5.92 Å². The Morgan fingerprint density at radius 1 is 1.36 bits per heavy atom. The van der Waals surface area contributed by atoms with E-state index in [4.69, 9.17) is 9.47 Å². The molecule has 0 aliphatic heterocycles. The highest BCUT2D eigenvalue weighted by atomic mass is 32.2. The summed E-state index contributed by atoms with van der Waals surface area (Å²) in [6, 6.07) is 1.79. The van der Waals surface area contributed by atoms with E-state index in [9.17, 15) is 14.4 Å². The van der Waals surface area contributed by atoms with Crippen molar-refractivity contribution in [2.45, 2.75) is 46.6 Å². The summed E-state index contributed by atoms with van der Waals surface area (Å²) in [5, 5.41) is 2.54. The highest BCUT2D eigenvalue weighted by molar-refractivity contribution is 8.13. The van der Waals surface area contributed by atoms with Crippen LogP contribution in [0.1, 0.15) is 45.7 Å². The van der Waals surface area contributed by atoms with Gasteiger partial charge in [0.2, 0.25) is 0 Å². The number of anilines is 1. The van der Waals surface area contributed by atoms with E-state index in [0.29, 0.717) is 23.6 Å². The van der Waals surface area contributed by atoms with E-state index in [1.807, 2.05) is 0 Å². The molecule has 1 rings (SSSR count). The average Bonchev–Trinajstić information content (AvgIpc) is 2.57. The number of ether oxygens (including phenoxy) is 2. The van der Waals surface area contributed by atoms with Gasteiger partial charge in [-0.15, -0.1) is 0 Å². The summed E-state index contributed by atoms with van der Waals surface area (Å²) in [4.78, 5) is 39.7. The van der Waals surface area contributed by atoms with E-state index in [1.54, 1.807) is 46.0 Å². The molecule has 1 aromatic rings. The van der Waals surface area contributed by atoms with Crippen molar-refractivity contribution in [1.29, 1.82) is 0 Å². The van der Waals surface area contributed by atoms with Gasteiger partial charge in [0.25, 0.3) is 0 Å². The van der Waals surface area contributed by atoms with Crippen LogP contribution in [0.15, 0.2) is 18.8 Å². The second kappa shape index (κ2) is 10.8. The predicted molar refractivity (Wildman–Crippen MR) is 111 cm³/mol. The van der Waals surface area contributed by atoms with Gasteiger partial charge in [0.15, 0.2) is 5.12 Å². The molecule has 8 heteroatoms. The van der Waals surface area contributed by atoms with Crippen molar-refractivity contribution < 1.29 is 23.9 Å². The fourth-order valence-electron chi connectivity index (χ4n) is 2.27. The molecule has 1 atom stereocenters. The minimum atomic E-state index is -0.625. The van der Waals surface area contributed by atoms with Gasteiger partial charge in [0.05, 0.1) is 12.5 Å². The molecule has 1 aromatic heterocycles. The Bertz CT molecular complexity index is 728. The SMILES string of the molecule is C=Cc1cc(CC(CSC(C)=O)C(=O)OCC)cnc1NC(=O)OC(C)(C)C. The van der Waals surface area contributed by atoms with Crippen LogP contribution in [0.25, 0.3) is 6.08 Å². The molecule has 7 nitrogen and oxygen atoms in total. The number of hydrogen-bond donors (Lipinski definition) is 1. The molecule has 0 aliphatic carbocycles. The number of esters is 1. The Morgan fingerprint density at radius 3 is 2.57 bits per heavy atom. The van der Waals surface area contributed by atoms with Crippen LogP contribution < -0.4 is 5.32 Å². The Hall–Kier alpha value is -2.35. The minimum Gasteiger partial charge on any atom is -0.466 e. The normalized spacial score (nSPS) is 12.0. The van der Waals surface area contributed by atoms with Crippen molar-refractivity contribution in [2.75, 3.05) is 17.7 Å². The van der Waals surface area contributed by atoms with Gasteiger partial charge in [-0.3, -0.25) is 14.9 Å². The number of hydrogen-bond acceptors (Lipinski definition) is 7. The second-order valence-electron chi connectivity index (χ2n) is 7.07. The standard InChI is InChI=1S/C20H28N2O5S/c1-7-15-9-14(10-16(12-28-13(3)23)18(24)26-8-2)11-21-17(15)22-19(25)27-20(4,5)6/h7,9,11,16H,1,8,10,12H2,2-6H3,(H,21,22,25). The molecule has 0 saturated heterocycles. The van der Waals surface area contributed by atoms with E-state index in [2.05, 4.69) is 16.9 Å². The molecule has 0 spiro atoms. The zero-order valence-electron chi connectivity index (χ0n) is 17.0. The van der Waals surface area contributed by atoms with Crippen LogP contribution in [0.4, 0.5) is 10.6 Å². The highest BCUT2D eigenvalue weighted by Crippen LogP contribution is 2.21. The maximum Gasteiger partial charge on any atom is 0.413 e. The molecular formula is C20H28N2O5S. The van der Waals surface area contributed by atoms with E-state index in [0.717, 1.165) is 17.3 Å². The second-order valence-corrected chi connectivity index (χ2v) is 8.27. The van der Waals surface area contributed by atoms with Crippen LogP contribution in [0.5, 0.6) is 0 Å². The smallest absolute Gasteiger partial charge is 0.413 e. The lowest BCUT2D eigenvalue weighted by Gasteiger charge is -2.20.